The standard InChI is InChI=1S/C17H47NO42P12/c19-61(20,21)10(62(22,23)24)9-16(11(63(25,26)27)64(28,29)30,12(65(31,32)33)66(34,35)36)60-17(13(67(37,38)39)68(40,41)42,14(69(43,44)45)70(46,47)48)18(15(71(49,50)51)72(52,53)54)59-8-6-57-4-2-55-1-3-56-5-7-58-9/h9-15H,1-8H2,(H2,19,20,21)(H2,22,23,24)(H2,25,26,27)(H2,28,29,30)(H2,31,32,33)(H2,34,35,36)(H2,37,38,39)(H2,40,41,42)(H2,43,44,45)(H2,46,47,48)(H2,49,50,51)(H2,52,53,54). The highest BCUT2D eigenvalue weighted by molar-refractivity contribution is 7.75. The summed E-state index contributed by atoms with van der Waals surface area (Å²) in [6.45, 7) is -10.4. The van der Waals surface area contributed by atoms with Gasteiger partial charge in [0.25, 0.3) is 0 Å². The quantitative estimate of drug-likeness (QED) is 0.0569. The monoisotopic (exact) mass is 1310 g/mol. The molecule has 24 N–H and O–H groups in total. The molecule has 1 rings (SSSR count). The van der Waals surface area contributed by atoms with Crippen LogP contribution in [0.3, 0.4) is 0 Å². The largest absolute Gasteiger partial charge is 0.377 e. The molecule has 0 bridgehead atoms. The first-order valence-electron chi connectivity index (χ1n) is 17.5. The minimum Gasteiger partial charge on any atom is -0.377 e. The summed E-state index contributed by atoms with van der Waals surface area (Å²) in [7, 11) is -97.4. The van der Waals surface area contributed by atoms with E-state index in [9.17, 15) is 172 Å². The number of hydrogen-bond donors (Lipinski definition) is 24. The van der Waals surface area contributed by atoms with Crippen LogP contribution in [0.15, 0.2) is 0 Å². The van der Waals surface area contributed by atoms with Crippen molar-refractivity contribution in [2.75, 3.05) is 52.9 Å². The van der Waals surface area contributed by atoms with Gasteiger partial charge in [0, 0.05) is 0 Å². The molecule has 0 aliphatic carbocycles. The lowest BCUT2D eigenvalue weighted by Crippen LogP contribution is -2.75. The molecule has 72 heavy (non-hydrogen) atoms. The van der Waals surface area contributed by atoms with Crippen LogP contribution in [0.4, 0.5) is 0 Å². The first-order valence-corrected chi connectivity index (χ1v) is 37.7. The first-order chi connectivity index (χ1) is 31.4. The van der Waals surface area contributed by atoms with Gasteiger partial charge in [0.05, 0.1) is 52.9 Å². The second-order valence-electron chi connectivity index (χ2n) is 14.3. The van der Waals surface area contributed by atoms with Crippen molar-refractivity contribution in [1.29, 1.82) is 0 Å². The molecule has 432 valence electrons. The molecular formula is C17H47NO42P12. The van der Waals surface area contributed by atoms with E-state index in [1.165, 1.54) is 0 Å². The molecule has 1 unspecified atom stereocenters. The van der Waals surface area contributed by atoms with Gasteiger partial charge in [0.2, 0.25) is 16.3 Å². The zero-order valence-electron chi connectivity index (χ0n) is 34.6. The molecule has 1 atom stereocenters. The van der Waals surface area contributed by atoms with Gasteiger partial charge in [-0.1, -0.05) is 0 Å². The molecule has 1 aliphatic heterocycles. The topological polar surface area (TPSA) is 749 Å². The van der Waals surface area contributed by atoms with E-state index in [-0.39, 0.29) is 0 Å². The molecule has 55 heteroatoms. The third kappa shape index (κ3) is 18.3. The van der Waals surface area contributed by atoms with Crippen LogP contribution in [0.1, 0.15) is 0 Å². The average molecular weight is 1310 g/mol. The summed E-state index contributed by atoms with van der Waals surface area (Å²) in [5.41, 5.74) is -19.3. The number of hydroxylamine groups is 2. The van der Waals surface area contributed by atoms with Crippen molar-refractivity contribution in [3.63, 3.8) is 0 Å². The van der Waals surface area contributed by atoms with E-state index >= 15 is 0 Å². The summed E-state index contributed by atoms with van der Waals surface area (Å²) in [6, 6.07) is 0. The highest BCUT2D eigenvalue weighted by atomic mass is 31.3. The van der Waals surface area contributed by atoms with Crippen LogP contribution in [-0.4, -0.2) is 225 Å². The van der Waals surface area contributed by atoms with Crippen LogP contribution < -0.4 is 0 Å². The molecule has 0 radical (unpaired) electrons. The summed E-state index contributed by atoms with van der Waals surface area (Å²) in [5.74, 6) is 0. The van der Waals surface area contributed by atoms with Crippen molar-refractivity contribution in [3.05, 3.63) is 0 Å². The van der Waals surface area contributed by atoms with Gasteiger partial charge < -0.3 is 141 Å². The van der Waals surface area contributed by atoms with Crippen molar-refractivity contribution in [2.45, 2.75) is 50.0 Å². The minimum atomic E-state index is -8.30. The summed E-state index contributed by atoms with van der Waals surface area (Å²) in [5, 5.41) is -30.9. The van der Waals surface area contributed by atoms with Crippen LogP contribution in [0.5, 0.6) is 0 Å². The maximum absolute atomic E-state index is 13.7. The molecule has 1 saturated heterocycles. The number of ether oxygens (including phenoxy) is 5. The summed E-state index contributed by atoms with van der Waals surface area (Å²) < 4.78 is 187. The van der Waals surface area contributed by atoms with E-state index in [1.807, 2.05) is 0 Å². The third-order valence-electron chi connectivity index (χ3n) is 8.72. The molecule has 0 amide bonds. The van der Waals surface area contributed by atoms with E-state index in [0.29, 0.717) is 0 Å². The van der Waals surface area contributed by atoms with Gasteiger partial charge in [-0.15, -0.1) is 5.06 Å². The summed E-state index contributed by atoms with van der Waals surface area (Å²) in [4.78, 5) is 261. The lowest BCUT2D eigenvalue weighted by atomic mass is 9.99. The van der Waals surface area contributed by atoms with Gasteiger partial charge in [0.15, 0.2) is 21.9 Å². The van der Waals surface area contributed by atoms with Crippen LogP contribution in [0.2, 0.25) is 0 Å². The lowest BCUT2D eigenvalue weighted by Gasteiger charge is -2.59. The molecule has 0 aromatic heterocycles. The summed E-state index contributed by atoms with van der Waals surface area (Å²) in [6.07, 6.45) is -5.34. The fraction of sp³-hybridized carbons (Fsp3) is 1.00. The Morgan fingerprint density at radius 3 is 0.819 bits per heavy atom. The third-order valence-corrected chi connectivity index (χ3v) is 31.3. The first kappa shape index (κ1) is 71.5. The molecule has 0 spiro atoms. The zero-order valence-corrected chi connectivity index (χ0v) is 45.3. The van der Waals surface area contributed by atoms with Gasteiger partial charge in [-0.2, -0.15) is 0 Å². The highest BCUT2D eigenvalue weighted by Crippen LogP contribution is 2.82. The second-order valence-corrected chi connectivity index (χ2v) is 37.1. The van der Waals surface area contributed by atoms with Crippen LogP contribution in [0.25, 0.3) is 0 Å². The van der Waals surface area contributed by atoms with E-state index in [0.717, 1.165) is 0 Å². The van der Waals surface area contributed by atoms with Gasteiger partial charge in [-0.05, 0) is 0 Å². The van der Waals surface area contributed by atoms with E-state index < -0.39 is 199 Å². The molecule has 43 nitrogen and oxygen atoms in total. The normalized spacial score (nSPS) is 21.2. The van der Waals surface area contributed by atoms with Crippen molar-refractivity contribution in [3.8, 4) is 0 Å². The lowest BCUT2D eigenvalue weighted by molar-refractivity contribution is -0.343. The average Bonchev–Trinajstić information content (AvgIpc) is 3.00. The number of rotatable bonds is 18. The van der Waals surface area contributed by atoms with Gasteiger partial charge in [-0.25, -0.2) is 0 Å². The zero-order chi connectivity index (χ0) is 57.5. The van der Waals surface area contributed by atoms with E-state index in [1.54, 1.807) is 0 Å². The molecular weight excluding hydrogens is 1260 g/mol. The van der Waals surface area contributed by atoms with Crippen molar-refractivity contribution in [1.82, 2.24) is 5.06 Å². The Morgan fingerprint density at radius 1 is 0.333 bits per heavy atom. The van der Waals surface area contributed by atoms with Crippen molar-refractivity contribution >= 4 is 91.1 Å². The summed E-state index contributed by atoms with van der Waals surface area (Å²) >= 11 is 0. The number of nitrogens with zero attached hydrogens (tertiary/aromatic N) is 1. The minimum absolute atomic E-state index is 0.637. The maximum Gasteiger partial charge on any atom is 0.357 e. The van der Waals surface area contributed by atoms with E-state index in [4.69, 9.17) is 23.7 Å². The van der Waals surface area contributed by atoms with Gasteiger partial charge in [-0.3, -0.25) is 59.6 Å². The Labute approximate surface area is 399 Å². The molecule has 0 saturated carbocycles. The smallest absolute Gasteiger partial charge is 0.357 e. The van der Waals surface area contributed by atoms with E-state index in [2.05, 4.69) is 4.84 Å². The Morgan fingerprint density at radius 2 is 0.583 bits per heavy atom. The Balaban J connectivity index is 6.27. The Hall–Kier alpha value is 1.52. The molecule has 1 aliphatic rings. The maximum atomic E-state index is 13.7. The molecule has 1 fully saturated rings. The van der Waals surface area contributed by atoms with Crippen LogP contribution >= 0.6 is 91.1 Å². The van der Waals surface area contributed by atoms with Crippen LogP contribution in [0, 0.1) is 0 Å². The molecule has 1 heterocycles. The fourth-order valence-electron chi connectivity index (χ4n) is 6.97. The van der Waals surface area contributed by atoms with Gasteiger partial charge >= 0.3 is 91.1 Å². The highest BCUT2D eigenvalue weighted by Gasteiger charge is 2.84. The van der Waals surface area contributed by atoms with Crippen molar-refractivity contribution < 1.29 is 201 Å². The Kier molecular flexibility index (Phi) is 24.2. The molecule has 0 aromatic rings. The Bertz CT molecular complexity index is 2080. The fourth-order valence-corrected chi connectivity index (χ4v) is 26.4. The van der Waals surface area contributed by atoms with Gasteiger partial charge in [0.1, 0.15) is 11.7 Å². The SMILES string of the molecule is O=P(O)(O)C(C1OCCOCCOCCOCCON(C(P(=O)(O)O)P(=O)(O)O)C(C(P(=O)(O)O)P(=O)(O)O)(C(P(=O)(O)O)P(=O)(O)O)OC1(C(P(=O)(O)O)P(=O)(O)O)C(P(=O)(O)O)P(=O)(O)O)P(=O)(O)O. The molecule has 0 aromatic carbocycles. The number of hydrogen-bond acceptors (Lipinski definition) is 19. The second kappa shape index (κ2) is 24.3. The predicted molar refractivity (Wildman–Crippen MR) is 224 cm³/mol. The van der Waals surface area contributed by atoms with Crippen LogP contribution in [-0.2, 0) is 83.3 Å². The van der Waals surface area contributed by atoms with Crippen molar-refractivity contribution in [2.24, 2.45) is 0 Å². The predicted octanol–water partition coefficient (Wildman–Crippen LogP) is -5.83.